The number of nitrogens with zero attached hydrogens (tertiary/aromatic N) is 1. The van der Waals surface area contributed by atoms with Gasteiger partial charge >= 0.3 is 5.97 Å². The van der Waals surface area contributed by atoms with E-state index in [0.717, 1.165) is 50.6 Å². The van der Waals surface area contributed by atoms with Crippen LogP contribution in [0, 0.1) is 11.8 Å². The minimum atomic E-state index is -0.455. The number of rotatable bonds is 5. The Labute approximate surface area is 172 Å². The van der Waals surface area contributed by atoms with Gasteiger partial charge in [-0.25, -0.2) is 0 Å². The molecule has 1 heterocycles. The molecule has 0 spiro atoms. The van der Waals surface area contributed by atoms with Crippen molar-refractivity contribution in [3.8, 4) is 0 Å². The van der Waals surface area contributed by atoms with Crippen LogP contribution < -0.4 is 10.2 Å². The lowest BCUT2D eigenvalue weighted by Crippen LogP contribution is -2.43. The second kappa shape index (κ2) is 8.97. The number of ether oxygens (including phenoxy) is 1. The topological polar surface area (TPSA) is 75.7 Å². The zero-order valence-corrected chi connectivity index (χ0v) is 16.9. The van der Waals surface area contributed by atoms with Gasteiger partial charge in [-0.1, -0.05) is 43.9 Å². The maximum Gasteiger partial charge on any atom is 0.310 e. The Morgan fingerprint density at radius 1 is 0.966 bits per heavy atom. The van der Waals surface area contributed by atoms with Crippen LogP contribution in [0.4, 0.5) is 5.69 Å². The molecule has 0 aromatic heterocycles. The Balaban J connectivity index is 1.36. The van der Waals surface area contributed by atoms with E-state index in [1.54, 1.807) is 0 Å². The van der Waals surface area contributed by atoms with Crippen LogP contribution in [0.15, 0.2) is 24.3 Å². The number of fused-ring (bicyclic) bond motifs is 1. The lowest BCUT2D eigenvalue weighted by molar-refractivity contribution is -0.157. The van der Waals surface area contributed by atoms with Crippen LogP contribution in [0.1, 0.15) is 56.9 Å². The van der Waals surface area contributed by atoms with Crippen molar-refractivity contribution in [1.82, 2.24) is 5.32 Å². The highest BCUT2D eigenvalue weighted by Crippen LogP contribution is 2.36. The number of hydrogen-bond donors (Lipinski definition) is 1. The number of benzene rings is 1. The third-order valence-electron chi connectivity index (χ3n) is 6.60. The zero-order chi connectivity index (χ0) is 20.2. The molecule has 1 aliphatic heterocycles. The van der Waals surface area contributed by atoms with Crippen LogP contribution in [0.5, 0.6) is 0 Å². The van der Waals surface area contributed by atoms with Gasteiger partial charge in [-0.15, -0.1) is 0 Å². The molecule has 2 unspecified atom stereocenters. The van der Waals surface area contributed by atoms with E-state index < -0.39 is 11.9 Å². The lowest BCUT2D eigenvalue weighted by atomic mass is 9.78. The quantitative estimate of drug-likeness (QED) is 0.774. The van der Waals surface area contributed by atoms with E-state index in [1.165, 1.54) is 5.56 Å². The summed E-state index contributed by atoms with van der Waals surface area (Å²) in [4.78, 5) is 39.9. The van der Waals surface area contributed by atoms with E-state index in [9.17, 15) is 14.4 Å². The van der Waals surface area contributed by atoms with Crippen molar-refractivity contribution in [3.63, 3.8) is 0 Å². The number of amides is 2. The molecule has 1 aromatic carbocycles. The zero-order valence-electron chi connectivity index (χ0n) is 16.9. The highest BCUT2D eigenvalue weighted by atomic mass is 16.5. The number of carbonyl (C=O) groups is 3. The SMILES string of the molecule is O=C(COC(=O)C1CCCCC1C(=O)N1CCc2ccccc21)NC1CCCC1. The van der Waals surface area contributed by atoms with Crippen LogP contribution in [0.3, 0.4) is 0 Å². The van der Waals surface area contributed by atoms with E-state index >= 15 is 0 Å². The molecule has 2 fully saturated rings. The van der Waals surface area contributed by atoms with Crippen molar-refractivity contribution < 1.29 is 19.1 Å². The van der Waals surface area contributed by atoms with Gasteiger partial charge in [0.15, 0.2) is 6.61 Å². The average molecular weight is 399 g/mol. The first-order valence-corrected chi connectivity index (χ1v) is 11.0. The predicted octanol–water partition coefficient (Wildman–Crippen LogP) is 2.98. The number of esters is 1. The Kier molecular flexibility index (Phi) is 6.16. The van der Waals surface area contributed by atoms with Crippen molar-refractivity contribution >= 4 is 23.5 Å². The summed E-state index contributed by atoms with van der Waals surface area (Å²) in [5.41, 5.74) is 2.14. The molecule has 0 saturated heterocycles. The first-order chi connectivity index (χ1) is 14.1. The van der Waals surface area contributed by atoms with Gasteiger partial charge in [0.25, 0.3) is 5.91 Å². The van der Waals surface area contributed by atoms with Gasteiger partial charge in [0.1, 0.15) is 0 Å². The maximum absolute atomic E-state index is 13.3. The Morgan fingerprint density at radius 2 is 1.66 bits per heavy atom. The molecular formula is C23H30N2O4. The molecule has 156 valence electrons. The van der Waals surface area contributed by atoms with E-state index in [2.05, 4.69) is 11.4 Å². The molecule has 2 saturated carbocycles. The van der Waals surface area contributed by atoms with Gasteiger partial charge in [-0.3, -0.25) is 14.4 Å². The van der Waals surface area contributed by atoms with Crippen molar-refractivity contribution in [2.75, 3.05) is 18.1 Å². The summed E-state index contributed by atoms with van der Waals surface area (Å²) in [6.07, 6.45) is 8.32. The molecule has 4 rings (SSSR count). The molecular weight excluding hydrogens is 368 g/mol. The maximum atomic E-state index is 13.3. The van der Waals surface area contributed by atoms with Gasteiger partial charge < -0.3 is 15.0 Å². The monoisotopic (exact) mass is 398 g/mol. The third-order valence-corrected chi connectivity index (χ3v) is 6.60. The summed E-state index contributed by atoms with van der Waals surface area (Å²) in [7, 11) is 0. The van der Waals surface area contributed by atoms with Gasteiger partial charge in [-0.2, -0.15) is 0 Å². The minimum Gasteiger partial charge on any atom is -0.455 e. The van der Waals surface area contributed by atoms with Crippen molar-refractivity contribution in [3.05, 3.63) is 29.8 Å². The highest BCUT2D eigenvalue weighted by molar-refractivity contribution is 5.99. The number of anilines is 1. The van der Waals surface area contributed by atoms with E-state index in [4.69, 9.17) is 4.74 Å². The molecule has 0 bridgehead atoms. The third kappa shape index (κ3) is 4.46. The minimum absolute atomic E-state index is 0.0204. The largest absolute Gasteiger partial charge is 0.455 e. The van der Waals surface area contributed by atoms with E-state index in [1.807, 2.05) is 23.1 Å². The summed E-state index contributed by atoms with van der Waals surface area (Å²) >= 11 is 0. The standard InChI is InChI=1S/C23H30N2O4/c26-21(24-17-8-2-3-9-17)15-29-23(28)19-11-5-4-10-18(19)22(27)25-14-13-16-7-1-6-12-20(16)25/h1,6-7,12,17-19H,2-5,8-11,13-15H2,(H,24,26). The van der Waals surface area contributed by atoms with Crippen molar-refractivity contribution in [1.29, 1.82) is 0 Å². The molecule has 6 heteroatoms. The highest BCUT2D eigenvalue weighted by Gasteiger charge is 2.40. The Hall–Kier alpha value is -2.37. The molecule has 2 amide bonds. The van der Waals surface area contributed by atoms with Crippen LogP contribution in [0.25, 0.3) is 0 Å². The summed E-state index contributed by atoms with van der Waals surface area (Å²) in [5.74, 6) is -1.44. The number of para-hydroxylation sites is 1. The van der Waals surface area contributed by atoms with Crippen molar-refractivity contribution in [2.45, 2.75) is 63.8 Å². The van der Waals surface area contributed by atoms with E-state index in [-0.39, 0.29) is 30.4 Å². The normalized spacial score (nSPS) is 24.2. The van der Waals surface area contributed by atoms with Crippen LogP contribution in [0.2, 0.25) is 0 Å². The fourth-order valence-electron chi connectivity index (χ4n) is 5.06. The smallest absolute Gasteiger partial charge is 0.310 e. The Bertz CT molecular complexity index is 772. The van der Waals surface area contributed by atoms with Gasteiger partial charge in [0.2, 0.25) is 5.91 Å². The fraction of sp³-hybridized carbons (Fsp3) is 0.609. The molecule has 1 aromatic rings. The molecule has 29 heavy (non-hydrogen) atoms. The first-order valence-electron chi connectivity index (χ1n) is 11.0. The van der Waals surface area contributed by atoms with Crippen LogP contribution in [-0.2, 0) is 25.5 Å². The van der Waals surface area contributed by atoms with Gasteiger partial charge in [0, 0.05) is 18.3 Å². The first kappa shape index (κ1) is 19.9. The number of carbonyl (C=O) groups excluding carboxylic acids is 3. The number of nitrogens with one attached hydrogen (secondary N) is 1. The molecule has 3 aliphatic rings. The fourth-order valence-corrected chi connectivity index (χ4v) is 5.06. The van der Waals surface area contributed by atoms with Gasteiger partial charge in [-0.05, 0) is 43.7 Å². The second-order valence-electron chi connectivity index (χ2n) is 8.52. The van der Waals surface area contributed by atoms with Crippen molar-refractivity contribution in [2.24, 2.45) is 11.8 Å². The summed E-state index contributed by atoms with van der Waals surface area (Å²) in [6.45, 7) is 0.416. The molecule has 1 N–H and O–H groups in total. The second-order valence-corrected chi connectivity index (χ2v) is 8.52. The predicted molar refractivity (Wildman–Crippen MR) is 109 cm³/mol. The van der Waals surface area contributed by atoms with E-state index in [0.29, 0.717) is 19.4 Å². The summed E-state index contributed by atoms with van der Waals surface area (Å²) < 4.78 is 5.34. The number of hydrogen-bond acceptors (Lipinski definition) is 4. The molecule has 6 nitrogen and oxygen atoms in total. The summed E-state index contributed by atoms with van der Waals surface area (Å²) in [6, 6.07) is 8.17. The average Bonchev–Trinajstić information content (AvgIpc) is 3.41. The van der Waals surface area contributed by atoms with Crippen LogP contribution >= 0.6 is 0 Å². The van der Waals surface area contributed by atoms with Crippen LogP contribution in [-0.4, -0.2) is 37.0 Å². The molecule has 2 aliphatic carbocycles. The summed E-state index contributed by atoms with van der Waals surface area (Å²) in [5, 5.41) is 2.94. The Morgan fingerprint density at radius 3 is 2.45 bits per heavy atom. The molecule has 0 radical (unpaired) electrons. The lowest BCUT2D eigenvalue weighted by Gasteiger charge is -2.32. The molecule has 2 atom stereocenters. The van der Waals surface area contributed by atoms with Gasteiger partial charge in [0.05, 0.1) is 11.8 Å².